The number of benzene rings is 1. The third-order valence-corrected chi connectivity index (χ3v) is 4.65. The molecule has 0 saturated carbocycles. The van der Waals surface area contributed by atoms with E-state index in [0.717, 1.165) is 22.2 Å². The maximum absolute atomic E-state index is 6.17. The van der Waals surface area contributed by atoms with Gasteiger partial charge in [-0.2, -0.15) is 15.5 Å². The quantitative estimate of drug-likeness (QED) is 0.345. The Morgan fingerprint density at radius 2 is 2.00 bits per heavy atom. The second kappa shape index (κ2) is 7.30. The van der Waals surface area contributed by atoms with Crippen LogP contribution in [-0.4, -0.2) is 26.7 Å². The lowest BCUT2D eigenvalue weighted by Gasteiger charge is -2.09. The molecular formula is C18H18N7O2P. The molecule has 0 aliphatic heterocycles. The van der Waals surface area contributed by atoms with Gasteiger partial charge < -0.3 is 20.6 Å². The fourth-order valence-electron chi connectivity index (χ4n) is 2.80. The van der Waals surface area contributed by atoms with Gasteiger partial charge in [-0.05, 0) is 17.7 Å². The molecule has 3 heterocycles. The van der Waals surface area contributed by atoms with Gasteiger partial charge in [0.25, 0.3) is 0 Å². The number of fused-ring (bicyclic) bond motifs is 1. The van der Waals surface area contributed by atoms with Crippen LogP contribution in [0.4, 0.5) is 17.3 Å². The van der Waals surface area contributed by atoms with E-state index in [-0.39, 0.29) is 0 Å². The maximum Gasteiger partial charge on any atom is 0.237 e. The minimum atomic E-state index is 0.318. The van der Waals surface area contributed by atoms with Crippen LogP contribution in [-0.2, 0) is 0 Å². The van der Waals surface area contributed by atoms with Gasteiger partial charge in [0.2, 0.25) is 5.88 Å². The van der Waals surface area contributed by atoms with Gasteiger partial charge in [0, 0.05) is 23.0 Å². The van der Waals surface area contributed by atoms with Gasteiger partial charge >= 0.3 is 0 Å². The van der Waals surface area contributed by atoms with E-state index in [1.54, 1.807) is 42.2 Å². The average molecular weight is 395 g/mol. The fraction of sp³-hybridized carbons (Fsp3) is 0.0556. The van der Waals surface area contributed by atoms with Gasteiger partial charge in [0.05, 0.1) is 25.2 Å². The summed E-state index contributed by atoms with van der Waals surface area (Å²) in [6.45, 7) is 0. The highest BCUT2D eigenvalue weighted by atomic mass is 31.0. The minimum Gasteiger partial charge on any atom is -0.496 e. The summed E-state index contributed by atoms with van der Waals surface area (Å²) >= 11 is 0. The van der Waals surface area contributed by atoms with Crippen molar-refractivity contribution < 1.29 is 9.57 Å². The largest absolute Gasteiger partial charge is 0.496 e. The van der Waals surface area contributed by atoms with Crippen LogP contribution in [0.5, 0.6) is 11.6 Å². The highest BCUT2D eigenvalue weighted by Crippen LogP contribution is 2.29. The molecule has 1 aromatic carbocycles. The summed E-state index contributed by atoms with van der Waals surface area (Å²) in [4.78, 5) is 13.3. The van der Waals surface area contributed by atoms with Crippen molar-refractivity contribution >= 4 is 37.5 Å². The predicted molar refractivity (Wildman–Crippen MR) is 111 cm³/mol. The zero-order valence-electron chi connectivity index (χ0n) is 15.0. The summed E-state index contributed by atoms with van der Waals surface area (Å²) in [6.07, 6.45) is 3.32. The number of pyridine rings is 1. The lowest BCUT2D eigenvalue weighted by atomic mass is 10.1. The van der Waals surface area contributed by atoms with E-state index in [0.29, 0.717) is 28.9 Å². The van der Waals surface area contributed by atoms with Crippen molar-refractivity contribution in [3.05, 3.63) is 48.8 Å². The fourth-order valence-corrected chi connectivity index (χ4v) is 3.10. The average Bonchev–Trinajstić information content (AvgIpc) is 3.13. The molecule has 0 amide bonds. The minimum absolute atomic E-state index is 0.318. The van der Waals surface area contributed by atoms with Gasteiger partial charge in [-0.15, -0.1) is 9.24 Å². The summed E-state index contributed by atoms with van der Waals surface area (Å²) in [6, 6.07) is 11.0. The third kappa shape index (κ3) is 3.28. The van der Waals surface area contributed by atoms with E-state index >= 15 is 0 Å². The number of hydrogen-bond donors (Lipinski definition) is 3. The highest BCUT2D eigenvalue weighted by molar-refractivity contribution is 7.27. The van der Waals surface area contributed by atoms with Crippen molar-refractivity contribution in [1.29, 1.82) is 0 Å². The van der Waals surface area contributed by atoms with Crippen LogP contribution >= 0.6 is 9.24 Å². The first-order chi connectivity index (χ1) is 13.6. The molecule has 4 rings (SSSR count). The zero-order valence-corrected chi connectivity index (χ0v) is 16.1. The first kappa shape index (κ1) is 18.0. The van der Waals surface area contributed by atoms with Crippen molar-refractivity contribution in [2.24, 2.45) is 5.90 Å². The molecule has 0 saturated heterocycles. The Morgan fingerprint density at radius 1 is 1.14 bits per heavy atom. The molecule has 28 heavy (non-hydrogen) atoms. The van der Waals surface area contributed by atoms with Crippen LogP contribution in [0.1, 0.15) is 0 Å². The Hall–Kier alpha value is -3.42. The van der Waals surface area contributed by atoms with Crippen LogP contribution in [0.15, 0.2) is 48.8 Å². The number of aromatic nitrogens is 4. The standard InChI is InChI=1S/C18H18N7O2P/c1-26-13-6-10(2-4-14(13)28)12-9-22-25-15(19)7-16(24-18(12)25)23-11-3-5-17(27-20)21-8-11/h2-9H,19-20,28H2,1H3,(H,23,24). The molecule has 4 aromatic rings. The molecule has 1 atom stereocenters. The number of methoxy groups -OCH3 is 1. The first-order valence-electron chi connectivity index (χ1n) is 8.27. The number of hydrogen-bond acceptors (Lipinski definition) is 8. The Balaban J connectivity index is 1.75. The number of nitrogens with one attached hydrogen (secondary N) is 1. The SMILES string of the molecule is COc1cc(-c2cnn3c(N)cc(Nc4ccc(ON)nc4)nc23)ccc1P. The van der Waals surface area contributed by atoms with E-state index in [2.05, 4.69) is 34.5 Å². The Bertz CT molecular complexity index is 1140. The van der Waals surface area contributed by atoms with E-state index in [1.807, 2.05) is 18.2 Å². The van der Waals surface area contributed by atoms with Gasteiger partial charge in [-0.1, -0.05) is 12.1 Å². The van der Waals surface area contributed by atoms with E-state index < -0.39 is 0 Å². The molecule has 142 valence electrons. The van der Waals surface area contributed by atoms with Crippen LogP contribution < -0.4 is 31.8 Å². The Labute approximate surface area is 162 Å². The van der Waals surface area contributed by atoms with Crippen molar-refractivity contribution in [2.45, 2.75) is 0 Å². The smallest absolute Gasteiger partial charge is 0.237 e. The predicted octanol–water partition coefficient (Wildman–Crippen LogP) is 1.88. The number of rotatable bonds is 5. The molecule has 3 aromatic heterocycles. The van der Waals surface area contributed by atoms with Gasteiger partial charge in [0.15, 0.2) is 5.65 Å². The number of nitrogen functional groups attached to an aromatic ring is 1. The van der Waals surface area contributed by atoms with E-state index in [4.69, 9.17) is 16.4 Å². The molecule has 9 nitrogen and oxygen atoms in total. The number of ether oxygens (including phenoxy) is 1. The zero-order chi connectivity index (χ0) is 19.7. The van der Waals surface area contributed by atoms with E-state index in [1.165, 1.54) is 0 Å². The van der Waals surface area contributed by atoms with Crippen LogP contribution in [0.2, 0.25) is 0 Å². The second-order valence-corrected chi connectivity index (χ2v) is 6.57. The van der Waals surface area contributed by atoms with E-state index in [9.17, 15) is 0 Å². The molecular weight excluding hydrogens is 377 g/mol. The second-order valence-electron chi connectivity index (χ2n) is 5.94. The van der Waals surface area contributed by atoms with Gasteiger partial charge in [0.1, 0.15) is 17.4 Å². The lowest BCUT2D eigenvalue weighted by molar-refractivity contribution is 0.321. The molecule has 0 aliphatic carbocycles. The molecule has 0 radical (unpaired) electrons. The Morgan fingerprint density at radius 3 is 2.71 bits per heavy atom. The third-order valence-electron chi connectivity index (χ3n) is 4.17. The van der Waals surface area contributed by atoms with Gasteiger partial charge in [-0.25, -0.2) is 9.97 Å². The molecule has 0 aliphatic rings. The summed E-state index contributed by atoms with van der Waals surface area (Å²) in [5.74, 6) is 7.18. The number of nitrogens with two attached hydrogens (primary N) is 2. The molecule has 0 spiro atoms. The highest BCUT2D eigenvalue weighted by Gasteiger charge is 2.13. The number of anilines is 3. The summed E-state index contributed by atoms with van der Waals surface area (Å²) in [5, 5.41) is 8.49. The molecule has 1 unspecified atom stereocenters. The monoisotopic (exact) mass is 395 g/mol. The topological polar surface area (TPSA) is 126 Å². The van der Waals surface area contributed by atoms with Crippen molar-refractivity contribution in [3.8, 4) is 22.8 Å². The normalized spacial score (nSPS) is 10.8. The molecule has 5 N–H and O–H groups in total. The first-order valence-corrected chi connectivity index (χ1v) is 8.84. The Kier molecular flexibility index (Phi) is 4.68. The summed E-state index contributed by atoms with van der Waals surface area (Å²) < 4.78 is 7.00. The van der Waals surface area contributed by atoms with Crippen LogP contribution in [0, 0.1) is 0 Å². The van der Waals surface area contributed by atoms with Crippen LogP contribution in [0.3, 0.4) is 0 Å². The van der Waals surface area contributed by atoms with Crippen molar-refractivity contribution in [2.75, 3.05) is 18.2 Å². The van der Waals surface area contributed by atoms with Gasteiger partial charge in [-0.3, -0.25) is 0 Å². The molecule has 0 bridgehead atoms. The summed E-state index contributed by atoms with van der Waals surface area (Å²) in [7, 11) is 4.28. The maximum atomic E-state index is 6.17. The van der Waals surface area contributed by atoms with Crippen molar-refractivity contribution in [1.82, 2.24) is 19.6 Å². The van der Waals surface area contributed by atoms with Crippen LogP contribution in [0.25, 0.3) is 16.8 Å². The molecule has 10 heteroatoms. The number of nitrogens with zero attached hydrogens (tertiary/aromatic N) is 4. The molecule has 0 fully saturated rings. The lowest BCUT2D eigenvalue weighted by Crippen LogP contribution is -2.05. The van der Waals surface area contributed by atoms with Crippen molar-refractivity contribution in [3.63, 3.8) is 0 Å². The summed E-state index contributed by atoms with van der Waals surface area (Å²) in [5.41, 5.74) is 9.27.